The number of aromatic nitrogens is 2. The largest absolute Gasteiger partial charge is 0.404 e. The van der Waals surface area contributed by atoms with Crippen LogP contribution in [0.4, 0.5) is 5.82 Å². The summed E-state index contributed by atoms with van der Waals surface area (Å²) < 4.78 is 14.9. The molecule has 37 heavy (non-hydrogen) atoms. The maximum atomic E-state index is 12.7. The Morgan fingerprint density at radius 1 is 1.08 bits per heavy atom. The molecule has 9 heteroatoms. The van der Waals surface area contributed by atoms with Crippen LogP contribution < -0.4 is 21.4 Å². The molecule has 1 aliphatic heterocycles. The molecule has 1 aliphatic rings. The smallest absolute Gasteiger partial charge is 0.351 e. The third kappa shape index (κ3) is 6.35. The molecule has 2 aromatic carbocycles. The predicted molar refractivity (Wildman–Crippen MR) is 153 cm³/mol. The zero-order valence-electron chi connectivity index (χ0n) is 21.8. The topological polar surface area (TPSA) is 85.6 Å². The van der Waals surface area contributed by atoms with Crippen LogP contribution in [-0.4, -0.2) is 53.9 Å². The molecule has 198 valence electrons. The van der Waals surface area contributed by atoms with Gasteiger partial charge in [0.2, 0.25) is 0 Å². The van der Waals surface area contributed by atoms with E-state index in [1.165, 1.54) is 10.4 Å². The number of ether oxygens (including phenoxy) is 1. The molecule has 1 aromatic heterocycles. The number of benzene rings is 2. The zero-order valence-corrected chi connectivity index (χ0v) is 23.6. The van der Waals surface area contributed by atoms with Crippen LogP contribution in [0.3, 0.4) is 0 Å². The number of rotatable bonds is 11. The SMILES string of the molecule is CC(C)(C)[Si](OC[C@H]1O[C@@H](n2ccc(NCCCCO)nc2=O)CS1)(c1ccccc1)c1ccccc1. The second-order valence-electron chi connectivity index (χ2n) is 10.2. The van der Waals surface area contributed by atoms with E-state index in [2.05, 4.69) is 79.6 Å². The van der Waals surface area contributed by atoms with E-state index < -0.39 is 8.32 Å². The van der Waals surface area contributed by atoms with Crippen LogP contribution in [0.15, 0.2) is 77.7 Å². The Morgan fingerprint density at radius 3 is 2.30 bits per heavy atom. The Morgan fingerprint density at radius 2 is 1.73 bits per heavy atom. The molecular weight excluding hydrogens is 502 g/mol. The summed E-state index contributed by atoms with van der Waals surface area (Å²) in [4.78, 5) is 16.9. The summed E-state index contributed by atoms with van der Waals surface area (Å²) in [5.41, 5.74) is -0.527. The summed E-state index contributed by atoms with van der Waals surface area (Å²) in [6.07, 6.45) is 2.88. The molecule has 0 amide bonds. The van der Waals surface area contributed by atoms with Crippen LogP contribution in [0.5, 0.6) is 0 Å². The van der Waals surface area contributed by atoms with Gasteiger partial charge in [0.05, 0.1) is 6.61 Å². The van der Waals surface area contributed by atoms with Crippen LogP contribution >= 0.6 is 11.8 Å². The first kappa shape index (κ1) is 27.6. The van der Waals surface area contributed by atoms with Gasteiger partial charge in [-0.25, -0.2) is 4.79 Å². The first-order valence-electron chi connectivity index (χ1n) is 12.8. The van der Waals surface area contributed by atoms with E-state index >= 15 is 0 Å². The standard InChI is InChI=1S/C28H37N3O4SSi/c1-28(2,3)37(22-12-6-4-7-13-22,23-14-8-5-9-15-23)34-20-26-35-25(21-36-26)31-18-16-24(30-27(31)33)29-17-10-11-19-32/h4-9,12-16,18,25-26,32H,10-11,17,19-21H2,1-3H3,(H,29,30,33)/t25-,26+/m1/s1. The molecule has 7 nitrogen and oxygen atoms in total. The van der Waals surface area contributed by atoms with Crippen LogP contribution in [0, 0.1) is 0 Å². The lowest BCUT2D eigenvalue weighted by molar-refractivity contribution is -0.00349. The number of hydrogen-bond donors (Lipinski definition) is 2. The summed E-state index contributed by atoms with van der Waals surface area (Å²) in [5.74, 6) is 1.19. The normalized spacial score (nSPS) is 18.2. The highest BCUT2D eigenvalue weighted by atomic mass is 32.2. The van der Waals surface area contributed by atoms with Crippen molar-refractivity contribution in [2.45, 2.75) is 50.3 Å². The lowest BCUT2D eigenvalue weighted by atomic mass is 10.2. The number of anilines is 1. The molecule has 1 saturated heterocycles. The monoisotopic (exact) mass is 539 g/mol. The Bertz CT molecular complexity index is 1150. The molecule has 0 bridgehead atoms. The first-order chi connectivity index (χ1) is 17.8. The Hall–Kier alpha value is -2.43. The van der Waals surface area contributed by atoms with Crippen LogP contribution in [-0.2, 0) is 9.16 Å². The first-order valence-corrected chi connectivity index (χ1v) is 15.8. The van der Waals surface area contributed by atoms with Gasteiger partial charge in [0.1, 0.15) is 17.5 Å². The second-order valence-corrected chi connectivity index (χ2v) is 15.7. The van der Waals surface area contributed by atoms with Gasteiger partial charge in [-0.05, 0) is 34.3 Å². The number of aliphatic hydroxyl groups excluding tert-OH is 1. The minimum Gasteiger partial charge on any atom is -0.404 e. The molecular formula is C28H37N3O4SSi. The zero-order chi connectivity index (χ0) is 26.3. The van der Waals surface area contributed by atoms with Crippen molar-refractivity contribution < 1.29 is 14.3 Å². The van der Waals surface area contributed by atoms with Crippen molar-refractivity contribution in [1.29, 1.82) is 0 Å². The van der Waals surface area contributed by atoms with Gasteiger partial charge in [-0.15, -0.1) is 11.8 Å². The van der Waals surface area contributed by atoms with Crippen molar-refractivity contribution in [3.05, 3.63) is 83.4 Å². The summed E-state index contributed by atoms with van der Waals surface area (Å²) in [5, 5.41) is 14.4. The third-order valence-corrected chi connectivity index (χ3v) is 12.7. The van der Waals surface area contributed by atoms with E-state index in [0.29, 0.717) is 31.1 Å². The van der Waals surface area contributed by atoms with Gasteiger partial charge in [0.25, 0.3) is 8.32 Å². The molecule has 1 fully saturated rings. The Labute approximate surface area is 224 Å². The van der Waals surface area contributed by atoms with Gasteiger partial charge < -0.3 is 19.6 Å². The maximum absolute atomic E-state index is 12.7. The predicted octanol–water partition coefficient (Wildman–Crippen LogP) is 3.59. The molecule has 2 N–H and O–H groups in total. The van der Waals surface area contributed by atoms with Crippen molar-refractivity contribution in [3.63, 3.8) is 0 Å². The van der Waals surface area contributed by atoms with E-state index in [1.807, 2.05) is 12.1 Å². The summed E-state index contributed by atoms with van der Waals surface area (Å²) >= 11 is 1.67. The van der Waals surface area contributed by atoms with Crippen LogP contribution in [0.2, 0.25) is 5.04 Å². The van der Waals surface area contributed by atoms with E-state index in [0.717, 1.165) is 6.42 Å². The molecule has 0 saturated carbocycles. The van der Waals surface area contributed by atoms with Gasteiger partial charge in [-0.3, -0.25) is 4.57 Å². The highest BCUT2D eigenvalue weighted by Gasteiger charge is 2.50. The van der Waals surface area contributed by atoms with Crippen molar-refractivity contribution in [3.8, 4) is 0 Å². The fraction of sp³-hybridized carbons (Fsp3) is 0.429. The van der Waals surface area contributed by atoms with E-state index in [9.17, 15) is 4.79 Å². The van der Waals surface area contributed by atoms with Crippen molar-refractivity contribution in [2.24, 2.45) is 0 Å². The van der Waals surface area contributed by atoms with Gasteiger partial charge in [0.15, 0.2) is 0 Å². The Balaban J connectivity index is 1.49. The lowest BCUT2D eigenvalue weighted by Gasteiger charge is -2.43. The van der Waals surface area contributed by atoms with Crippen molar-refractivity contribution in [2.75, 3.05) is 30.8 Å². The van der Waals surface area contributed by atoms with Gasteiger partial charge in [-0.2, -0.15) is 4.98 Å². The highest BCUT2D eigenvalue weighted by Crippen LogP contribution is 2.38. The molecule has 0 unspecified atom stereocenters. The summed E-state index contributed by atoms with van der Waals surface area (Å²) in [6, 6.07) is 22.9. The van der Waals surface area contributed by atoms with Gasteiger partial charge in [-0.1, -0.05) is 81.4 Å². The fourth-order valence-electron chi connectivity index (χ4n) is 4.81. The number of aliphatic hydroxyl groups is 1. The number of nitrogens with zero attached hydrogens (tertiary/aromatic N) is 2. The lowest BCUT2D eigenvalue weighted by Crippen LogP contribution is -2.67. The van der Waals surface area contributed by atoms with Gasteiger partial charge in [0, 0.05) is 25.1 Å². The summed E-state index contributed by atoms with van der Waals surface area (Å²) in [7, 11) is -2.65. The molecule has 0 aliphatic carbocycles. The van der Waals surface area contributed by atoms with Crippen molar-refractivity contribution in [1.82, 2.24) is 9.55 Å². The van der Waals surface area contributed by atoms with E-state index in [-0.39, 0.29) is 29.0 Å². The minimum atomic E-state index is -2.65. The maximum Gasteiger partial charge on any atom is 0.351 e. The fourth-order valence-corrected chi connectivity index (χ4v) is 10.5. The van der Waals surface area contributed by atoms with Crippen molar-refractivity contribution >= 4 is 36.3 Å². The average molecular weight is 540 g/mol. The average Bonchev–Trinajstić information content (AvgIpc) is 3.36. The minimum absolute atomic E-state index is 0.112. The van der Waals surface area contributed by atoms with Crippen LogP contribution in [0.1, 0.15) is 39.8 Å². The molecule has 3 aromatic rings. The molecule has 4 rings (SSSR count). The number of hydrogen-bond acceptors (Lipinski definition) is 7. The number of nitrogens with one attached hydrogen (secondary N) is 1. The van der Waals surface area contributed by atoms with Crippen LogP contribution in [0.25, 0.3) is 0 Å². The van der Waals surface area contributed by atoms with Gasteiger partial charge >= 0.3 is 5.69 Å². The highest BCUT2D eigenvalue weighted by molar-refractivity contribution is 8.00. The third-order valence-electron chi connectivity index (χ3n) is 6.62. The summed E-state index contributed by atoms with van der Waals surface area (Å²) in [6.45, 7) is 8.03. The van der Waals surface area contributed by atoms with E-state index in [4.69, 9.17) is 14.3 Å². The Kier molecular flexibility index (Phi) is 9.25. The molecule has 0 radical (unpaired) electrons. The number of thioether (sulfide) groups is 1. The van der Waals surface area contributed by atoms with E-state index in [1.54, 1.807) is 28.6 Å². The molecule has 2 atom stereocenters. The number of unbranched alkanes of at least 4 members (excludes halogenated alkanes) is 1. The second kappa shape index (κ2) is 12.4. The molecule has 0 spiro atoms. The quantitative estimate of drug-likeness (QED) is 0.285. The molecule has 2 heterocycles.